The van der Waals surface area contributed by atoms with E-state index in [1.807, 2.05) is 91.9 Å². The van der Waals surface area contributed by atoms with Crippen molar-refractivity contribution in [2.24, 2.45) is 0 Å². The molecule has 0 saturated heterocycles. The Hall–Kier alpha value is -3.46. The van der Waals surface area contributed by atoms with Crippen LogP contribution < -0.4 is 11.5 Å². The smallest absolute Gasteiger partial charge is 0.126 e. The average molecular weight is 342 g/mol. The van der Waals surface area contributed by atoms with Crippen LogP contribution in [0.1, 0.15) is 5.56 Å². The Bertz CT molecular complexity index is 963. The first-order valence-electron chi connectivity index (χ1n) is 8.43. The first kappa shape index (κ1) is 17.4. The maximum absolute atomic E-state index is 9.66. The van der Waals surface area contributed by atoms with E-state index in [4.69, 9.17) is 11.5 Å². The third-order valence-electron chi connectivity index (χ3n) is 4.26. The zero-order chi connectivity index (χ0) is 18.5. The molecule has 0 amide bonds. The summed E-state index contributed by atoms with van der Waals surface area (Å²) in [6.07, 6.45) is 0. The number of phenols is 1. The molecule has 0 fully saturated rings. The van der Waals surface area contributed by atoms with Gasteiger partial charge in [-0.2, -0.15) is 0 Å². The van der Waals surface area contributed by atoms with Crippen LogP contribution in [0.2, 0.25) is 0 Å². The Morgan fingerprint density at radius 2 is 1.12 bits per heavy atom. The molecule has 0 aliphatic heterocycles. The summed E-state index contributed by atoms with van der Waals surface area (Å²) < 4.78 is 0. The quantitative estimate of drug-likeness (QED) is 0.407. The van der Waals surface area contributed by atoms with E-state index in [0.717, 1.165) is 38.8 Å². The van der Waals surface area contributed by atoms with Gasteiger partial charge in [-0.3, -0.25) is 0 Å². The second kappa shape index (κ2) is 7.62. The van der Waals surface area contributed by atoms with Crippen molar-refractivity contribution in [2.45, 2.75) is 6.92 Å². The fourth-order valence-electron chi connectivity index (χ4n) is 2.72. The Labute approximate surface area is 153 Å². The van der Waals surface area contributed by atoms with E-state index in [-0.39, 0.29) is 0 Å². The lowest BCUT2D eigenvalue weighted by molar-refractivity contribution is 0.477. The molecular formula is C23H22N2O. The minimum atomic E-state index is 0.396. The molecular weight excluding hydrogens is 320 g/mol. The summed E-state index contributed by atoms with van der Waals surface area (Å²) in [5, 5.41) is 11.7. The number of rotatable bonds is 1. The van der Waals surface area contributed by atoms with Crippen LogP contribution >= 0.6 is 0 Å². The molecule has 5 N–H and O–H groups in total. The third kappa shape index (κ3) is 3.95. The van der Waals surface area contributed by atoms with Crippen molar-refractivity contribution in [3.8, 4) is 16.9 Å². The van der Waals surface area contributed by atoms with E-state index < -0.39 is 0 Å². The molecule has 0 atom stereocenters. The highest BCUT2D eigenvalue weighted by Gasteiger charge is 2.00. The fraction of sp³-hybridized carbons (Fsp3) is 0.0435. The van der Waals surface area contributed by atoms with Gasteiger partial charge in [-0.05, 0) is 53.3 Å². The molecule has 26 heavy (non-hydrogen) atoms. The van der Waals surface area contributed by atoms with Gasteiger partial charge >= 0.3 is 0 Å². The summed E-state index contributed by atoms with van der Waals surface area (Å²) in [6, 6.07) is 27.4. The van der Waals surface area contributed by atoms with Crippen LogP contribution in [0, 0.1) is 6.92 Å². The summed E-state index contributed by atoms with van der Waals surface area (Å²) in [6.45, 7) is 1.90. The summed E-state index contributed by atoms with van der Waals surface area (Å²) >= 11 is 0. The molecule has 0 spiro atoms. The molecule has 0 radical (unpaired) electrons. The molecule has 0 saturated carbocycles. The van der Waals surface area contributed by atoms with Gasteiger partial charge in [-0.15, -0.1) is 0 Å². The van der Waals surface area contributed by atoms with Gasteiger partial charge < -0.3 is 16.6 Å². The maximum atomic E-state index is 9.66. The average Bonchev–Trinajstić information content (AvgIpc) is 2.67. The molecule has 0 heterocycles. The minimum absolute atomic E-state index is 0.396. The van der Waals surface area contributed by atoms with Crippen molar-refractivity contribution in [3.63, 3.8) is 0 Å². The van der Waals surface area contributed by atoms with Crippen LogP contribution in [-0.2, 0) is 0 Å². The van der Waals surface area contributed by atoms with Crippen LogP contribution in [0.3, 0.4) is 0 Å². The lowest BCUT2D eigenvalue weighted by atomic mass is 10.1. The number of benzene rings is 4. The molecule has 0 bridgehead atoms. The van der Waals surface area contributed by atoms with E-state index in [1.54, 1.807) is 0 Å². The minimum Gasteiger partial charge on any atom is -0.507 e. The Balaban J connectivity index is 0.000000152. The topological polar surface area (TPSA) is 72.3 Å². The molecule has 3 nitrogen and oxygen atoms in total. The number of nitrogens with two attached hydrogens (primary N) is 2. The van der Waals surface area contributed by atoms with Gasteiger partial charge in [0.25, 0.3) is 0 Å². The number of hydrogen-bond donors (Lipinski definition) is 3. The number of phenolic OH excluding ortho intramolecular Hbond substituents is 1. The highest BCUT2D eigenvalue weighted by molar-refractivity contribution is 5.89. The first-order valence-corrected chi connectivity index (χ1v) is 8.43. The third-order valence-corrected chi connectivity index (χ3v) is 4.26. The van der Waals surface area contributed by atoms with Crippen molar-refractivity contribution in [3.05, 3.63) is 90.5 Å². The van der Waals surface area contributed by atoms with E-state index in [0.29, 0.717) is 5.75 Å². The van der Waals surface area contributed by atoms with Crippen molar-refractivity contribution in [1.29, 1.82) is 0 Å². The lowest BCUT2D eigenvalue weighted by Gasteiger charge is -2.02. The van der Waals surface area contributed by atoms with Crippen LogP contribution in [-0.4, -0.2) is 5.11 Å². The van der Waals surface area contributed by atoms with Gasteiger partial charge in [0.1, 0.15) is 5.75 Å². The van der Waals surface area contributed by atoms with E-state index in [1.165, 1.54) is 0 Å². The monoisotopic (exact) mass is 342 g/mol. The normalized spacial score (nSPS) is 10.2. The number of hydrogen-bond acceptors (Lipinski definition) is 3. The number of fused-ring (bicyclic) bond motifs is 1. The number of anilines is 2. The van der Waals surface area contributed by atoms with Crippen LogP contribution in [0.25, 0.3) is 21.9 Å². The molecule has 0 unspecified atom stereocenters. The number of aryl methyl sites for hydroxylation is 1. The maximum Gasteiger partial charge on any atom is 0.126 e. The van der Waals surface area contributed by atoms with Gasteiger partial charge in [0, 0.05) is 16.8 Å². The molecule has 130 valence electrons. The first-order chi connectivity index (χ1) is 12.5. The Morgan fingerprint density at radius 1 is 0.615 bits per heavy atom. The second-order valence-electron chi connectivity index (χ2n) is 6.20. The van der Waals surface area contributed by atoms with Crippen molar-refractivity contribution >= 4 is 22.1 Å². The van der Waals surface area contributed by atoms with Crippen molar-refractivity contribution in [1.82, 2.24) is 0 Å². The predicted octanol–water partition coefficient (Wildman–Crippen LogP) is 5.37. The highest BCUT2D eigenvalue weighted by Crippen LogP contribution is 2.27. The van der Waals surface area contributed by atoms with Crippen LogP contribution in [0.5, 0.6) is 5.75 Å². The van der Waals surface area contributed by atoms with E-state index in [2.05, 4.69) is 0 Å². The van der Waals surface area contributed by atoms with Crippen molar-refractivity contribution in [2.75, 3.05) is 11.5 Å². The van der Waals surface area contributed by atoms with E-state index >= 15 is 0 Å². The Kier molecular flexibility index (Phi) is 5.09. The van der Waals surface area contributed by atoms with Crippen molar-refractivity contribution < 1.29 is 5.11 Å². The molecule has 0 aromatic heterocycles. The molecule has 3 heteroatoms. The standard InChI is InChI=1S/C12H12N2.C11H10O/c13-11-5-1-9(2-6-11)10-3-7-12(14)8-4-10;1-8-6-7-9-4-2-3-5-10(9)11(8)12/h1-8H,13-14H2;2-7,12H,1H3. The molecule has 4 aromatic rings. The van der Waals surface area contributed by atoms with Gasteiger partial charge in [0.05, 0.1) is 0 Å². The largest absolute Gasteiger partial charge is 0.507 e. The van der Waals surface area contributed by atoms with Crippen LogP contribution in [0.15, 0.2) is 84.9 Å². The van der Waals surface area contributed by atoms with Gasteiger partial charge in [-0.1, -0.05) is 60.7 Å². The molecule has 0 aliphatic carbocycles. The zero-order valence-corrected chi connectivity index (χ0v) is 14.7. The summed E-state index contributed by atoms with van der Waals surface area (Å²) in [5.41, 5.74) is 16.0. The Morgan fingerprint density at radius 3 is 1.65 bits per heavy atom. The molecule has 0 aliphatic rings. The number of nitrogen functional groups attached to an aromatic ring is 2. The second-order valence-corrected chi connectivity index (χ2v) is 6.20. The fourth-order valence-corrected chi connectivity index (χ4v) is 2.72. The zero-order valence-electron chi connectivity index (χ0n) is 14.7. The summed E-state index contributed by atoms with van der Waals surface area (Å²) in [7, 11) is 0. The van der Waals surface area contributed by atoms with Gasteiger partial charge in [-0.25, -0.2) is 0 Å². The molecule has 4 aromatic carbocycles. The van der Waals surface area contributed by atoms with Crippen LogP contribution in [0.4, 0.5) is 11.4 Å². The lowest BCUT2D eigenvalue weighted by Crippen LogP contribution is -1.85. The van der Waals surface area contributed by atoms with Gasteiger partial charge in [0.15, 0.2) is 0 Å². The number of aromatic hydroxyl groups is 1. The van der Waals surface area contributed by atoms with Gasteiger partial charge in [0.2, 0.25) is 0 Å². The summed E-state index contributed by atoms with van der Waals surface area (Å²) in [4.78, 5) is 0. The van der Waals surface area contributed by atoms with E-state index in [9.17, 15) is 5.11 Å². The highest BCUT2D eigenvalue weighted by atomic mass is 16.3. The summed E-state index contributed by atoms with van der Waals surface area (Å²) in [5.74, 6) is 0.396. The predicted molar refractivity (Wildman–Crippen MR) is 111 cm³/mol. The SMILES string of the molecule is Cc1ccc2ccccc2c1O.Nc1ccc(-c2ccc(N)cc2)cc1. The molecule has 4 rings (SSSR count).